The summed E-state index contributed by atoms with van der Waals surface area (Å²) in [5, 5.41) is 9.07. The van der Waals surface area contributed by atoms with Crippen molar-refractivity contribution in [2.75, 3.05) is 69.0 Å². The van der Waals surface area contributed by atoms with E-state index in [0.29, 0.717) is 75.6 Å². The van der Waals surface area contributed by atoms with Crippen LogP contribution in [-0.4, -0.2) is 91.0 Å². The van der Waals surface area contributed by atoms with E-state index in [2.05, 4.69) is 9.88 Å². The molecule has 2 saturated heterocycles. The van der Waals surface area contributed by atoms with Crippen LogP contribution in [0.3, 0.4) is 0 Å². The summed E-state index contributed by atoms with van der Waals surface area (Å²) in [6.07, 6.45) is 0. The van der Waals surface area contributed by atoms with E-state index in [0.717, 1.165) is 0 Å². The van der Waals surface area contributed by atoms with Gasteiger partial charge in [0.05, 0.1) is 33.0 Å². The van der Waals surface area contributed by atoms with Crippen LogP contribution in [0.2, 0.25) is 0 Å². The van der Waals surface area contributed by atoms with Gasteiger partial charge >= 0.3 is 5.97 Å². The molecule has 0 unspecified atom stereocenters. The molecule has 0 aliphatic carbocycles. The fraction of sp³-hybridized carbons (Fsp3) is 0.625. The lowest BCUT2D eigenvalue weighted by Crippen LogP contribution is -2.40. The van der Waals surface area contributed by atoms with E-state index in [1.54, 1.807) is 0 Å². The summed E-state index contributed by atoms with van der Waals surface area (Å²) >= 11 is 0. The molecule has 10 heteroatoms. The lowest BCUT2D eigenvalue weighted by molar-refractivity contribution is -0.137. The van der Waals surface area contributed by atoms with Crippen LogP contribution in [0.15, 0.2) is 0 Å². The Morgan fingerprint density at radius 2 is 1.62 bits per heavy atom. The predicted molar refractivity (Wildman–Crippen MR) is 90.5 cm³/mol. The lowest BCUT2D eigenvalue weighted by atomic mass is 10.2. The van der Waals surface area contributed by atoms with Gasteiger partial charge in [0.2, 0.25) is 5.95 Å². The third-order valence-electron chi connectivity index (χ3n) is 4.74. The summed E-state index contributed by atoms with van der Waals surface area (Å²) in [7, 11) is 0. The number of hydrogen-bond acceptors (Lipinski definition) is 8. The molecule has 140 valence electrons. The van der Waals surface area contributed by atoms with Crippen LogP contribution in [0.4, 0.5) is 11.8 Å². The van der Waals surface area contributed by atoms with Crippen molar-refractivity contribution in [2.45, 2.75) is 6.54 Å². The van der Waals surface area contributed by atoms with Crippen molar-refractivity contribution >= 4 is 23.6 Å². The largest absolute Gasteiger partial charge is 0.480 e. The molecule has 1 N–H and O–H groups in total. The molecule has 0 saturated carbocycles. The van der Waals surface area contributed by atoms with Crippen LogP contribution < -0.4 is 9.80 Å². The zero-order chi connectivity index (χ0) is 18.1. The van der Waals surface area contributed by atoms with Crippen LogP contribution in [0.1, 0.15) is 16.1 Å². The minimum atomic E-state index is -1.04. The van der Waals surface area contributed by atoms with Crippen molar-refractivity contribution in [1.82, 2.24) is 14.9 Å². The first-order chi connectivity index (χ1) is 12.6. The number of amides is 1. The number of aliphatic carboxylic acids is 1. The number of rotatable bonds is 4. The lowest BCUT2D eigenvalue weighted by Gasteiger charge is -2.31. The van der Waals surface area contributed by atoms with E-state index in [-0.39, 0.29) is 19.0 Å². The number of carbonyl (C=O) groups is 2. The molecule has 0 spiro atoms. The van der Waals surface area contributed by atoms with Gasteiger partial charge in [-0.3, -0.25) is 9.59 Å². The minimum Gasteiger partial charge on any atom is -0.480 e. The summed E-state index contributed by atoms with van der Waals surface area (Å²) in [6, 6.07) is 0. The number of carboxylic acids is 1. The number of hydrogen-bond donors (Lipinski definition) is 1. The number of nitrogens with zero attached hydrogens (tertiary/aromatic N) is 5. The quantitative estimate of drug-likeness (QED) is 0.734. The standard InChI is InChI=1S/C16H21N5O5/c22-12(23)10-21-9-11-13(15(21)24)17-16(20-3-7-26-8-4-20)18-14(11)19-1-5-25-6-2-19/h1-10H2,(H,22,23). The van der Waals surface area contributed by atoms with Crippen molar-refractivity contribution < 1.29 is 24.2 Å². The Morgan fingerprint density at radius 1 is 1.00 bits per heavy atom. The van der Waals surface area contributed by atoms with Crippen molar-refractivity contribution in [3.8, 4) is 0 Å². The molecule has 1 amide bonds. The summed E-state index contributed by atoms with van der Waals surface area (Å²) < 4.78 is 10.8. The zero-order valence-electron chi connectivity index (χ0n) is 14.4. The van der Waals surface area contributed by atoms with Gasteiger partial charge in [-0.2, -0.15) is 4.98 Å². The smallest absolute Gasteiger partial charge is 0.323 e. The highest BCUT2D eigenvalue weighted by molar-refractivity contribution is 5.99. The third-order valence-corrected chi connectivity index (χ3v) is 4.74. The normalized spacial score (nSPS) is 20.5. The monoisotopic (exact) mass is 363 g/mol. The summed E-state index contributed by atoms with van der Waals surface area (Å²) in [4.78, 5) is 38.4. The third kappa shape index (κ3) is 3.17. The Balaban J connectivity index is 1.72. The minimum absolute atomic E-state index is 0.219. The first-order valence-corrected chi connectivity index (χ1v) is 8.71. The van der Waals surface area contributed by atoms with Gasteiger partial charge in [-0.1, -0.05) is 0 Å². The molecule has 0 atom stereocenters. The van der Waals surface area contributed by atoms with E-state index < -0.39 is 5.97 Å². The molecule has 1 aromatic heterocycles. The zero-order valence-corrected chi connectivity index (χ0v) is 14.4. The Labute approximate surface area is 150 Å². The van der Waals surface area contributed by atoms with Gasteiger partial charge < -0.3 is 29.3 Å². The summed E-state index contributed by atoms with van der Waals surface area (Å²) in [5.41, 5.74) is 1.01. The first kappa shape index (κ1) is 17.0. The summed E-state index contributed by atoms with van der Waals surface area (Å²) in [6.45, 7) is 4.93. The van der Waals surface area contributed by atoms with Crippen LogP contribution in [-0.2, 0) is 20.8 Å². The van der Waals surface area contributed by atoms with Crippen molar-refractivity contribution in [1.29, 1.82) is 0 Å². The van der Waals surface area contributed by atoms with E-state index in [1.165, 1.54) is 4.90 Å². The first-order valence-electron chi connectivity index (χ1n) is 8.71. The molecule has 2 fully saturated rings. The highest BCUT2D eigenvalue weighted by Gasteiger charge is 2.36. The van der Waals surface area contributed by atoms with Crippen molar-refractivity contribution in [2.24, 2.45) is 0 Å². The maximum absolute atomic E-state index is 12.7. The number of fused-ring (bicyclic) bond motifs is 1. The molecule has 10 nitrogen and oxygen atoms in total. The molecule has 4 heterocycles. The maximum Gasteiger partial charge on any atom is 0.323 e. The average molecular weight is 363 g/mol. The Kier molecular flexibility index (Phi) is 4.60. The number of anilines is 2. The number of carboxylic acid groups (broad SMARTS) is 1. The van der Waals surface area contributed by atoms with Gasteiger partial charge in [0.1, 0.15) is 18.1 Å². The SMILES string of the molecule is O=C(O)CN1Cc2c(nc(N3CCOCC3)nc2N2CCOCC2)C1=O. The second-order valence-corrected chi connectivity index (χ2v) is 6.43. The van der Waals surface area contributed by atoms with Crippen LogP contribution in [0.25, 0.3) is 0 Å². The number of morpholine rings is 2. The van der Waals surface area contributed by atoms with E-state index >= 15 is 0 Å². The molecule has 3 aliphatic rings. The Bertz CT molecular complexity index is 715. The van der Waals surface area contributed by atoms with E-state index in [9.17, 15) is 9.59 Å². The second kappa shape index (κ2) is 7.04. The summed E-state index contributed by atoms with van der Waals surface area (Å²) in [5.74, 6) is -0.186. The van der Waals surface area contributed by atoms with Gasteiger partial charge in [0.15, 0.2) is 0 Å². The fourth-order valence-corrected chi connectivity index (χ4v) is 3.43. The predicted octanol–water partition coefficient (Wildman–Crippen LogP) is -0.810. The average Bonchev–Trinajstić information content (AvgIpc) is 2.98. The van der Waals surface area contributed by atoms with Gasteiger partial charge in [0.25, 0.3) is 5.91 Å². The maximum atomic E-state index is 12.7. The number of aromatic nitrogens is 2. The van der Waals surface area contributed by atoms with Crippen molar-refractivity contribution in [3.63, 3.8) is 0 Å². The number of carbonyl (C=O) groups excluding carboxylic acids is 1. The topological polar surface area (TPSA) is 108 Å². The highest BCUT2D eigenvalue weighted by atomic mass is 16.5. The molecule has 0 radical (unpaired) electrons. The van der Waals surface area contributed by atoms with E-state index in [4.69, 9.17) is 19.6 Å². The Morgan fingerprint density at radius 3 is 2.23 bits per heavy atom. The molecule has 1 aromatic rings. The molecular weight excluding hydrogens is 342 g/mol. The Hall–Kier alpha value is -2.46. The molecule has 0 aromatic carbocycles. The van der Waals surface area contributed by atoms with Gasteiger partial charge in [-0.25, -0.2) is 4.98 Å². The highest BCUT2D eigenvalue weighted by Crippen LogP contribution is 2.31. The molecular formula is C16H21N5O5. The van der Waals surface area contributed by atoms with Gasteiger partial charge in [0, 0.05) is 31.7 Å². The van der Waals surface area contributed by atoms with Gasteiger partial charge in [-0.05, 0) is 0 Å². The van der Waals surface area contributed by atoms with Crippen LogP contribution in [0, 0.1) is 0 Å². The fourth-order valence-electron chi connectivity index (χ4n) is 3.43. The van der Waals surface area contributed by atoms with Crippen LogP contribution in [0.5, 0.6) is 0 Å². The molecule has 26 heavy (non-hydrogen) atoms. The molecule has 3 aliphatic heterocycles. The molecule has 0 bridgehead atoms. The van der Waals surface area contributed by atoms with Gasteiger partial charge in [-0.15, -0.1) is 0 Å². The van der Waals surface area contributed by atoms with Crippen LogP contribution >= 0.6 is 0 Å². The molecule has 4 rings (SSSR count). The van der Waals surface area contributed by atoms with Crippen molar-refractivity contribution in [3.05, 3.63) is 11.3 Å². The second-order valence-electron chi connectivity index (χ2n) is 6.43. The van der Waals surface area contributed by atoms with E-state index in [1.807, 2.05) is 4.90 Å². The number of ether oxygens (including phenoxy) is 2.